The van der Waals surface area contributed by atoms with Crippen LogP contribution in [-0.2, 0) is 16.0 Å². The number of carbonyl (C=O) groups excluding carboxylic acids is 1. The highest BCUT2D eigenvalue weighted by molar-refractivity contribution is 5.79. The van der Waals surface area contributed by atoms with Crippen LogP contribution in [0.5, 0.6) is 5.75 Å². The van der Waals surface area contributed by atoms with Crippen LogP contribution in [0.15, 0.2) is 41.2 Å². The average molecular weight is 439 g/mol. The van der Waals surface area contributed by atoms with Crippen LogP contribution >= 0.6 is 0 Å². The van der Waals surface area contributed by atoms with E-state index in [4.69, 9.17) is 14.5 Å². The molecule has 0 saturated carbocycles. The van der Waals surface area contributed by atoms with Gasteiger partial charge in [-0.3, -0.25) is 14.7 Å². The van der Waals surface area contributed by atoms with E-state index < -0.39 is 0 Å². The minimum absolute atomic E-state index is 0.0677. The third-order valence-corrected chi connectivity index (χ3v) is 5.98. The summed E-state index contributed by atoms with van der Waals surface area (Å²) in [6.45, 7) is 5.46. The molecule has 1 aliphatic heterocycles. The summed E-state index contributed by atoms with van der Waals surface area (Å²) >= 11 is 0. The molecule has 8 nitrogen and oxygen atoms in total. The molecule has 3 aromatic rings. The number of methoxy groups -OCH3 is 1. The molecule has 3 heterocycles. The van der Waals surface area contributed by atoms with Crippen LogP contribution in [0.25, 0.3) is 5.65 Å². The first-order valence-corrected chi connectivity index (χ1v) is 11.1. The lowest BCUT2D eigenvalue weighted by Crippen LogP contribution is -2.34. The molecule has 4 rings (SSSR count). The predicted octanol–water partition coefficient (Wildman–Crippen LogP) is 2.98. The van der Waals surface area contributed by atoms with Gasteiger partial charge >= 0.3 is 0 Å². The highest BCUT2D eigenvalue weighted by Gasteiger charge is 2.23. The number of benzene rings is 1. The molecule has 170 valence electrons. The van der Waals surface area contributed by atoms with Gasteiger partial charge in [-0.05, 0) is 36.5 Å². The zero-order valence-electron chi connectivity index (χ0n) is 18.8. The molecule has 2 aromatic heterocycles. The quantitative estimate of drug-likeness (QED) is 0.591. The normalized spacial score (nSPS) is 15.8. The monoisotopic (exact) mass is 438 g/mol. The molecular weight excluding hydrogens is 408 g/mol. The van der Waals surface area contributed by atoms with Crippen LogP contribution < -0.4 is 15.6 Å². The Balaban J connectivity index is 1.54. The zero-order valence-corrected chi connectivity index (χ0v) is 18.8. The first kappa shape index (κ1) is 22.1. The van der Waals surface area contributed by atoms with Crippen molar-refractivity contribution in [3.05, 3.63) is 63.7 Å². The second-order valence-electron chi connectivity index (χ2n) is 8.63. The highest BCUT2D eigenvalue weighted by atomic mass is 16.5. The Bertz CT molecular complexity index is 1130. The minimum atomic E-state index is -0.361. The Labute approximate surface area is 186 Å². The molecule has 32 heavy (non-hydrogen) atoms. The lowest BCUT2D eigenvalue weighted by atomic mass is 9.97. The summed E-state index contributed by atoms with van der Waals surface area (Å²) in [7, 11) is 1.61. The van der Waals surface area contributed by atoms with Gasteiger partial charge in [0, 0.05) is 37.0 Å². The van der Waals surface area contributed by atoms with E-state index in [1.54, 1.807) is 7.11 Å². The van der Waals surface area contributed by atoms with Gasteiger partial charge in [0.15, 0.2) is 5.65 Å². The van der Waals surface area contributed by atoms with Crippen LogP contribution in [-0.4, -0.2) is 40.8 Å². The van der Waals surface area contributed by atoms with Crippen molar-refractivity contribution in [2.24, 2.45) is 5.92 Å². The number of nitrogens with zero attached hydrogens (tertiary/aromatic N) is 2. The Morgan fingerprint density at radius 2 is 1.97 bits per heavy atom. The third kappa shape index (κ3) is 4.85. The third-order valence-electron chi connectivity index (χ3n) is 5.98. The second kappa shape index (κ2) is 9.56. The molecule has 1 aromatic carbocycles. The van der Waals surface area contributed by atoms with Gasteiger partial charge in [-0.15, -0.1) is 0 Å². The van der Waals surface area contributed by atoms with E-state index in [1.165, 1.54) is 10.6 Å². The molecule has 0 radical (unpaired) electrons. The van der Waals surface area contributed by atoms with Crippen molar-refractivity contribution < 1.29 is 14.3 Å². The van der Waals surface area contributed by atoms with Crippen LogP contribution in [0.2, 0.25) is 0 Å². The fraction of sp³-hybridized carbons (Fsp3) is 0.458. The summed E-state index contributed by atoms with van der Waals surface area (Å²) in [4.78, 5) is 30.3. The molecule has 1 fully saturated rings. The van der Waals surface area contributed by atoms with Crippen molar-refractivity contribution >= 4 is 11.6 Å². The van der Waals surface area contributed by atoms with Crippen LogP contribution in [0.1, 0.15) is 55.6 Å². The molecular formula is C24H30N4O4. The van der Waals surface area contributed by atoms with Gasteiger partial charge in [0.2, 0.25) is 5.91 Å². The number of hydrogen-bond acceptors (Lipinski definition) is 5. The SMILES string of the molecule is COc1ccc(CC(=O)N[C@@H](c2cc(=O)n3[nH]c(C4CCOCC4)cc3n2)C(C)C)cc1. The Kier molecular flexibility index (Phi) is 6.60. The van der Waals surface area contributed by atoms with E-state index in [9.17, 15) is 9.59 Å². The number of nitrogens with one attached hydrogen (secondary N) is 2. The number of rotatable bonds is 7. The number of H-pyrrole nitrogens is 1. The minimum Gasteiger partial charge on any atom is -0.497 e. The summed E-state index contributed by atoms with van der Waals surface area (Å²) in [6.07, 6.45) is 2.08. The van der Waals surface area contributed by atoms with E-state index in [-0.39, 0.29) is 29.8 Å². The summed E-state index contributed by atoms with van der Waals surface area (Å²) in [5.41, 5.74) is 2.86. The Hall–Kier alpha value is -3.13. The molecule has 1 atom stereocenters. The Morgan fingerprint density at radius 3 is 2.62 bits per heavy atom. The fourth-order valence-corrected chi connectivity index (χ4v) is 4.14. The van der Waals surface area contributed by atoms with E-state index in [1.807, 2.05) is 44.2 Å². The van der Waals surface area contributed by atoms with Gasteiger partial charge < -0.3 is 14.8 Å². The molecule has 0 unspecified atom stereocenters. The van der Waals surface area contributed by atoms with Crippen LogP contribution in [0.3, 0.4) is 0 Å². The largest absolute Gasteiger partial charge is 0.497 e. The van der Waals surface area contributed by atoms with Crippen molar-refractivity contribution in [3.8, 4) is 5.75 Å². The van der Waals surface area contributed by atoms with Crippen LogP contribution in [0, 0.1) is 5.92 Å². The van der Waals surface area contributed by atoms with Gasteiger partial charge in [-0.1, -0.05) is 26.0 Å². The van der Waals surface area contributed by atoms with Crippen molar-refractivity contribution in [2.75, 3.05) is 20.3 Å². The van der Waals surface area contributed by atoms with Gasteiger partial charge in [-0.25, -0.2) is 9.50 Å². The van der Waals surface area contributed by atoms with Crippen molar-refractivity contribution in [1.29, 1.82) is 0 Å². The zero-order chi connectivity index (χ0) is 22.7. The van der Waals surface area contributed by atoms with Crippen molar-refractivity contribution in [2.45, 2.75) is 45.1 Å². The number of hydrogen-bond donors (Lipinski definition) is 2. The van der Waals surface area contributed by atoms with E-state index in [0.717, 1.165) is 43.1 Å². The molecule has 2 N–H and O–H groups in total. The van der Waals surface area contributed by atoms with Gasteiger partial charge in [0.25, 0.3) is 5.56 Å². The van der Waals surface area contributed by atoms with E-state index in [2.05, 4.69) is 10.4 Å². The molecule has 1 amide bonds. The summed E-state index contributed by atoms with van der Waals surface area (Å²) in [5, 5.41) is 6.26. The van der Waals surface area contributed by atoms with Crippen LogP contribution in [0.4, 0.5) is 0 Å². The van der Waals surface area contributed by atoms with E-state index in [0.29, 0.717) is 17.3 Å². The highest BCUT2D eigenvalue weighted by Crippen LogP contribution is 2.27. The van der Waals surface area contributed by atoms with Gasteiger partial charge in [-0.2, -0.15) is 0 Å². The molecule has 8 heteroatoms. The smallest absolute Gasteiger partial charge is 0.272 e. The van der Waals surface area contributed by atoms with Crippen molar-refractivity contribution in [1.82, 2.24) is 19.9 Å². The maximum Gasteiger partial charge on any atom is 0.272 e. The van der Waals surface area contributed by atoms with E-state index >= 15 is 0 Å². The predicted molar refractivity (Wildman–Crippen MR) is 121 cm³/mol. The van der Waals surface area contributed by atoms with Gasteiger partial charge in [0.1, 0.15) is 5.75 Å². The lowest BCUT2D eigenvalue weighted by Gasteiger charge is -2.22. The first-order chi connectivity index (χ1) is 15.4. The standard InChI is InChI=1S/C24H30N4O4/c1-15(2)24(26-22(29)12-16-4-6-18(31-3)7-5-16)20-14-23(30)28-21(25-20)13-19(27-28)17-8-10-32-11-9-17/h4-7,13-15,17,24,27H,8-12H2,1-3H3,(H,26,29)/t24-/m1/s1. The number of ether oxygens (including phenoxy) is 2. The maximum atomic E-state index is 12.8. The average Bonchev–Trinajstić information content (AvgIpc) is 3.23. The summed E-state index contributed by atoms with van der Waals surface area (Å²) in [6, 6.07) is 10.5. The topological polar surface area (TPSA) is 97.7 Å². The molecule has 0 aliphatic carbocycles. The number of aromatic nitrogens is 3. The number of amides is 1. The molecule has 0 bridgehead atoms. The lowest BCUT2D eigenvalue weighted by molar-refractivity contribution is -0.121. The fourth-order valence-electron chi connectivity index (χ4n) is 4.14. The maximum absolute atomic E-state index is 12.8. The van der Waals surface area contributed by atoms with Gasteiger partial charge in [0.05, 0.1) is 25.3 Å². The van der Waals surface area contributed by atoms with Crippen molar-refractivity contribution in [3.63, 3.8) is 0 Å². The molecule has 0 spiro atoms. The second-order valence-corrected chi connectivity index (χ2v) is 8.63. The first-order valence-electron chi connectivity index (χ1n) is 11.1. The number of aromatic amines is 1. The molecule has 1 saturated heterocycles. The Morgan fingerprint density at radius 1 is 1.25 bits per heavy atom. The number of fused-ring (bicyclic) bond motifs is 1. The number of carbonyl (C=O) groups is 1. The molecule has 1 aliphatic rings. The summed E-state index contributed by atoms with van der Waals surface area (Å²) < 4.78 is 12.1. The summed E-state index contributed by atoms with van der Waals surface area (Å²) in [5.74, 6) is 1.03.